The van der Waals surface area contributed by atoms with Crippen LogP contribution in [0.15, 0.2) is 5.38 Å². The summed E-state index contributed by atoms with van der Waals surface area (Å²) in [5.74, 6) is 1.16. The summed E-state index contributed by atoms with van der Waals surface area (Å²) in [5, 5.41) is 5.89. The zero-order valence-corrected chi connectivity index (χ0v) is 14.3. The predicted molar refractivity (Wildman–Crippen MR) is 91.0 cm³/mol. The summed E-state index contributed by atoms with van der Waals surface area (Å²) in [6, 6.07) is 0. The molecule has 2 heterocycles. The van der Waals surface area contributed by atoms with Crippen LogP contribution in [0.2, 0.25) is 0 Å². The lowest BCUT2D eigenvalue weighted by atomic mass is 9.89. The maximum absolute atomic E-state index is 12.3. The molecule has 122 valence electrons. The maximum Gasteiger partial charge on any atom is 0.229 e. The van der Waals surface area contributed by atoms with Crippen molar-refractivity contribution in [1.29, 1.82) is 0 Å². The minimum absolute atomic E-state index is 0.173. The summed E-state index contributed by atoms with van der Waals surface area (Å²) < 4.78 is 0. The first kappa shape index (κ1) is 15.9. The van der Waals surface area contributed by atoms with Crippen molar-refractivity contribution in [2.24, 2.45) is 11.8 Å². The number of nitrogens with one attached hydrogen (secondary N) is 1. The van der Waals surface area contributed by atoms with Gasteiger partial charge in [-0.15, -0.1) is 11.3 Å². The minimum Gasteiger partial charge on any atom is -0.302 e. The lowest BCUT2D eigenvalue weighted by Gasteiger charge is -2.30. The summed E-state index contributed by atoms with van der Waals surface area (Å²) in [4.78, 5) is 19.3. The maximum atomic E-state index is 12.3. The Morgan fingerprint density at radius 3 is 2.91 bits per heavy atom. The molecule has 22 heavy (non-hydrogen) atoms. The number of thiazole rings is 1. The number of hydrogen-bond donors (Lipinski definition) is 1. The van der Waals surface area contributed by atoms with E-state index in [0.29, 0.717) is 0 Å². The largest absolute Gasteiger partial charge is 0.302 e. The molecule has 2 fully saturated rings. The van der Waals surface area contributed by atoms with Gasteiger partial charge in [0.15, 0.2) is 5.13 Å². The average molecular weight is 321 g/mol. The minimum atomic E-state index is 0.173. The van der Waals surface area contributed by atoms with Crippen molar-refractivity contribution in [2.45, 2.75) is 58.4 Å². The smallest absolute Gasteiger partial charge is 0.229 e. The van der Waals surface area contributed by atoms with Crippen LogP contribution >= 0.6 is 11.3 Å². The number of piperidine rings is 1. The molecule has 3 rings (SSSR count). The van der Waals surface area contributed by atoms with Crippen LogP contribution in [0.1, 0.15) is 57.6 Å². The number of nitrogens with zero attached hydrogens (tertiary/aromatic N) is 2. The quantitative estimate of drug-likeness (QED) is 0.915. The molecule has 0 aromatic carbocycles. The van der Waals surface area contributed by atoms with Crippen molar-refractivity contribution in [3.05, 3.63) is 11.1 Å². The Morgan fingerprint density at radius 1 is 1.32 bits per heavy atom. The van der Waals surface area contributed by atoms with Crippen LogP contribution < -0.4 is 5.32 Å². The number of hydrogen-bond acceptors (Lipinski definition) is 4. The molecule has 1 unspecified atom stereocenters. The van der Waals surface area contributed by atoms with Gasteiger partial charge in [-0.25, -0.2) is 4.98 Å². The van der Waals surface area contributed by atoms with Gasteiger partial charge >= 0.3 is 0 Å². The molecule has 0 radical (unpaired) electrons. The van der Waals surface area contributed by atoms with Crippen molar-refractivity contribution in [3.63, 3.8) is 0 Å². The molecule has 1 aromatic heterocycles. The molecule has 1 aliphatic carbocycles. The van der Waals surface area contributed by atoms with E-state index in [1.54, 1.807) is 11.3 Å². The van der Waals surface area contributed by atoms with Crippen molar-refractivity contribution < 1.29 is 4.79 Å². The van der Waals surface area contributed by atoms with Crippen LogP contribution in [0.4, 0.5) is 5.13 Å². The van der Waals surface area contributed by atoms with Gasteiger partial charge < -0.3 is 5.32 Å². The van der Waals surface area contributed by atoms with Gasteiger partial charge in [0.05, 0.1) is 5.69 Å². The molecule has 1 saturated carbocycles. The molecule has 0 spiro atoms. The van der Waals surface area contributed by atoms with Crippen molar-refractivity contribution in [2.75, 3.05) is 18.4 Å². The molecular formula is C17H27N3OS. The number of carbonyl (C=O) groups is 1. The Bertz CT molecular complexity index is 496. The van der Waals surface area contributed by atoms with Crippen LogP contribution in [-0.2, 0) is 11.3 Å². The fraction of sp³-hybridized carbons (Fsp3) is 0.765. The van der Waals surface area contributed by atoms with Crippen LogP contribution in [-0.4, -0.2) is 28.9 Å². The average Bonchev–Trinajstić information content (AvgIpc) is 2.95. The topological polar surface area (TPSA) is 45.2 Å². The zero-order valence-electron chi connectivity index (χ0n) is 13.5. The predicted octanol–water partition coefficient (Wildman–Crippen LogP) is 3.89. The van der Waals surface area contributed by atoms with E-state index < -0.39 is 0 Å². The summed E-state index contributed by atoms with van der Waals surface area (Å²) >= 11 is 1.56. The van der Waals surface area contributed by atoms with Gasteiger partial charge in [-0.05, 0) is 38.1 Å². The molecule has 1 saturated heterocycles. The zero-order chi connectivity index (χ0) is 15.4. The number of amides is 1. The van der Waals surface area contributed by atoms with E-state index in [-0.39, 0.29) is 11.8 Å². The second-order valence-corrected chi connectivity index (χ2v) is 7.81. The summed E-state index contributed by atoms with van der Waals surface area (Å²) in [6.45, 7) is 5.58. The molecule has 1 N–H and O–H groups in total. The standard InChI is InChI=1S/C17H27N3OS/c1-13-6-5-9-20(10-13)11-15-12-22-17(18-15)19-16(21)14-7-3-2-4-8-14/h12-14H,2-11H2,1H3,(H,18,19,21). The Morgan fingerprint density at radius 2 is 2.14 bits per heavy atom. The van der Waals surface area contributed by atoms with Gasteiger partial charge in [-0.1, -0.05) is 26.2 Å². The summed E-state index contributed by atoms with van der Waals surface area (Å²) in [7, 11) is 0. The molecule has 4 nitrogen and oxygen atoms in total. The van der Waals surface area contributed by atoms with Crippen LogP contribution in [0, 0.1) is 11.8 Å². The number of carbonyl (C=O) groups excluding carboxylic acids is 1. The van der Waals surface area contributed by atoms with Gasteiger partial charge in [-0.2, -0.15) is 0 Å². The van der Waals surface area contributed by atoms with Crippen LogP contribution in [0.3, 0.4) is 0 Å². The monoisotopic (exact) mass is 321 g/mol. The third kappa shape index (κ3) is 4.29. The highest BCUT2D eigenvalue weighted by atomic mass is 32.1. The van der Waals surface area contributed by atoms with Gasteiger partial charge in [0.2, 0.25) is 5.91 Å². The summed E-state index contributed by atoms with van der Waals surface area (Å²) in [5.41, 5.74) is 1.10. The molecule has 5 heteroatoms. The first-order valence-corrected chi connectivity index (χ1v) is 9.56. The van der Waals surface area contributed by atoms with Crippen molar-refractivity contribution in [1.82, 2.24) is 9.88 Å². The van der Waals surface area contributed by atoms with Gasteiger partial charge in [0, 0.05) is 24.4 Å². The molecule has 1 aliphatic heterocycles. The SMILES string of the molecule is CC1CCCN(Cc2csc(NC(=O)C3CCCCC3)n2)C1. The highest BCUT2D eigenvalue weighted by Gasteiger charge is 2.22. The third-order valence-corrected chi connectivity index (χ3v) is 5.69. The highest BCUT2D eigenvalue weighted by molar-refractivity contribution is 7.13. The van der Waals surface area contributed by atoms with E-state index in [0.717, 1.165) is 36.1 Å². The third-order valence-electron chi connectivity index (χ3n) is 4.88. The molecular weight excluding hydrogens is 294 g/mol. The fourth-order valence-electron chi connectivity index (χ4n) is 3.67. The first-order chi connectivity index (χ1) is 10.7. The first-order valence-electron chi connectivity index (χ1n) is 8.68. The summed E-state index contributed by atoms with van der Waals surface area (Å²) in [6.07, 6.45) is 8.36. The van der Waals surface area contributed by atoms with E-state index in [1.807, 2.05) is 0 Å². The van der Waals surface area contributed by atoms with Gasteiger partial charge in [0.25, 0.3) is 0 Å². The fourth-order valence-corrected chi connectivity index (χ4v) is 4.37. The number of aromatic nitrogens is 1. The Balaban J connectivity index is 1.51. The van der Waals surface area contributed by atoms with Crippen LogP contribution in [0.25, 0.3) is 0 Å². The molecule has 1 atom stereocenters. The lowest BCUT2D eigenvalue weighted by Crippen LogP contribution is -2.33. The molecule has 0 bridgehead atoms. The molecule has 1 aromatic rings. The second-order valence-electron chi connectivity index (χ2n) is 6.95. The van der Waals surface area contributed by atoms with Gasteiger partial charge in [-0.3, -0.25) is 9.69 Å². The Labute approximate surface area is 137 Å². The number of anilines is 1. The Hall–Kier alpha value is -0.940. The van der Waals surface area contributed by atoms with E-state index >= 15 is 0 Å². The van der Waals surface area contributed by atoms with E-state index in [1.165, 1.54) is 45.2 Å². The van der Waals surface area contributed by atoms with E-state index in [2.05, 4.69) is 27.5 Å². The normalized spacial score (nSPS) is 24.3. The van der Waals surface area contributed by atoms with E-state index in [9.17, 15) is 4.79 Å². The van der Waals surface area contributed by atoms with Crippen molar-refractivity contribution >= 4 is 22.4 Å². The Kier molecular flexibility index (Phi) is 5.47. The van der Waals surface area contributed by atoms with Gasteiger partial charge in [0.1, 0.15) is 0 Å². The lowest BCUT2D eigenvalue weighted by molar-refractivity contribution is -0.120. The number of likely N-dealkylation sites (tertiary alicyclic amines) is 1. The van der Waals surface area contributed by atoms with E-state index in [4.69, 9.17) is 0 Å². The van der Waals surface area contributed by atoms with Crippen LogP contribution in [0.5, 0.6) is 0 Å². The second kappa shape index (κ2) is 7.55. The van der Waals surface area contributed by atoms with Crippen molar-refractivity contribution in [3.8, 4) is 0 Å². The highest BCUT2D eigenvalue weighted by Crippen LogP contribution is 2.26. The molecule has 2 aliphatic rings. The molecule has 1 amide bonds. The number of rotatable bonds is 4.